The van der Waals surface area contributed by atoms with Gasteiger partial charge in [-0.25, -0.2) is 9.59 Å². The number of carboxylic acids is 1. The topological polar surface area (TPSA) is 146 Å². The number of hydrogen-bond donors (Lipinski definition) is 4. The lowest BCUT2D eigenvalue weighted by molar-refractivity contribution is -0.141. The number of furan rings is 1. The van der Waals surface area contributed by atoms with E-state index in [4.69, 9.17) is 8.83 Å². The maximum absolute atomic E-state index is 12.9. The molecular weight excluding hydrogens is 464 g/mol. The molecule has 0 radical (unpaired) electrons. The van der Waals surface area contributed by atoms with E-state index in [-0.39, 0.29) is 24.2 Å². The largest absolute Gasteiger partial charge is 0.508 e. The number of phenols is 1. The standard InChI is InChI=1S/C27H24N2O7/c1-12-11-35-24-14(3)25-18(8-17(12)24)13(2)19(27(34)36-25)9-23(31)29-22(26(32)33)6-15-10-28-21-5-4-16(30)7-20(15)21/h4-5,7-8,10-11,22,28,30H,6,9H2,1-3H3,(H,29,31)(H,32,33)/t22-/m1/s1. The van der Waals surface area contributed by atoms with Crippen LogP contribution in [-0.4, -0.2) is 33.1 Å². The quantitative estimate of drug-likeness (QED) is 0.264. The molecule has 0 bridgehead atoms. The van der Waals surface area contributed by atoms with Gasteiger partial charge in [-0.15, -0.1) is 0 Å². The maximum atomic E-state index is 12.9. The number of amides is 1. The van der Waals surface area contributed by atoms with Crippen LogP contribution in [-0.2, 0) is 22.4 Å². The molecule has 0 aliphatic carbocycles. The van der Waals surface area contributed by atoms with Gasteiger partial charge in [0.25, 0.3) is 0 Å². The lowest BCUT2D eigenvalue weighted by Crippen LogP contribution is -2.43. The van der Waals surface area contributed by atoms with E-state index in [1.54, 1.807) is 25.5 Å². The Bertz CT molecular complexity index is 1740. The van der Waals surface area contributed by atoms with E-state index in [2.05, 4.69) is 10.3 Å². The van der Waals surface area contributed by atoms with Crippen molar-refractivity contribution in [1.82, 2.24) is 10.3 Å². The molecule has 4 N–H and O–H groups in total. The van der Waals surface area contributed by atoms with Crippen LogP contribution in [0.3, 0.4) is 0 Å². The lowest BCUT2D eigenvalue weighted by atomic mass is 9.98. The number of aryl methyl sites for hydroxylation is 3. The van der Waals surface area contributed by atoms with Gasteiger partial charge in [0.05, 0.1) is 18.2 Å². The molecule has 36 heavy (non-hydrogen) atoms. The number of carbonyl (C=O) groups excluding carboxylic acids is 1. The summed E-state index contributed by atoms with van der Waals surface area (Å²) in [5.41, 5.74) is 4.15. The molecule has 0 aliphatic rings. The van der Waals surface area contributed by atoms with Crippen molar-refractivity contribution < 1.29 is 28.6 Å². The first-order valence-electron chi connectivity index (χ1n) is 11.4. The van der Waals surface area contributed by atoms with Crippen LogP contribution in [0.4, 0.5) is 0 Å². The minimum Gasteiger partial charge on any atom is -0.508 e. The van der Waals surface area contributed by atoms with Crippen LogP contribution in [0.25, 0.3) is 32.8 Å². The third-order valence-corrected chi connectivity index (χ3v) is 6.68. The number of hydrogen-bond acceptors (Lipinski definition) is 6. The van der Waals surface area contributed by atoms with Gasteiger partial charge in [-0.2, -0.15) is 0 Å². The van der Waals surface area contributed by atoms with Crippen molar-refractivity contribution in [1.29, 1.82) is 0 Å². The van der Waals surface area contributed by atoms with Crippen molar-refractivity contribution in [2.75, 3.05) is 0 Å². The van der Waals surface area contributed by atoms with Crippen molar-refractivity contribution in [3.05, 3.63) is 75.0 Å². The van der Waals surface area contributed by atoms with E-state index in [1.807, 2.05) is 19.9 Å². The molecule has 0 saturated heterocycles. The molecule has 5 aromatic rings. The van der Waals surface area contributed by atoms with Crippen LogP contribution < -0.4 is 10.9 Å². The zero-order chi connectivity index (χ0) is 25.7. The Morgan fingerprint density at radius 1 is 1.06 bits per heavy atom. The third-order valence-electron chi connectivity index (χ3n) is 6.68. The molecule has 5 rings (SSSR count). The van der Waals surface area contributed by atoms with Gasteiger partial charge in [0.15, 0.2) is 0 Å². The summed E-state index contributed by atoms with van der Waals surface area (Å²) < 4.78 is 11.2. The zero-order valence-corrected chi connectivity index (χ0v) is 19.9. The number of nitrogens with one attached hydrogen (secondary N) is 2. The second-order valence-electron chi connectivity index (χ2n) is 9.05. The van der Waals surface area contributed by atoms with E-state index in [0.29, 0.717) is 38.6 Å². The molecule has 3 aromatic heterocycles. The van der Waals surface area contributed by atoms with Crippen LogP contribution in [0.1, 0.15) is 27.8 Å². The van der Waals surface area contributed by atoms with E-state index >= 15 is 0 Å². The van der Waals surface area contributed by atoms with Gasteiger partial charge in [-0.05, 0) is 61.7 Å². The van der Waals surface area contributed by atoms with Crippen LogP contribution in [0.5, 0.6) is 5.75 Å². The van der Waals surface area contributed by atoms with E-state index in [1.165, 1.54) is 12.1 Å². The SMILES string of the molecule is Cc1coc2c(C)c3oc(=O)c(CC(=O)N[C@H](Cc4c[nH]c5ccc(O)cc45)C(=O)O)c(C)c3cc12. The first-order chi connectivity index (χ1) is 17.1. The number of aliphatic carboxylic acids is 1. The lowest BCUT2D eigenvalue weighted by Gasteiger charge is -2.15. The van der Waals surface area contributed by atoms with Crippen molar-refractivity contribution in [2.45, 2.75) is 39.7 Å². The van der Waals surface area contributed by atoms with E-state index in [0.717, 1.165) is 16.5 Å². The first kappa shape index (κ1) is 23.2. The molecule has 9 nitrogen and oxygen atoms in total. The Morgan fingerprint density at radius 2 is 1.83 bits per heavy atom. The summed E-state index contributed by atoms with van der Waals surface area (Å²) in [7, 11) is 0. The van der Waals surface area contributed by atoms with Crippen molar-refractivity contribution in [2.24, 2.45) is 0 Å². The molecule has 1 amide bonds. The molecular formula is C27H24N2O7. The first-order valence-corrected chi connectivity index (χ1v) is 11.4. The predicted octanol–water partition coefficient (Wildman–Crippen LogP) is 4.01. The van der Waals surface area contributed by atoms with Gasteiger partial charge in [0.2, 0.25) is 5.91 Å². The molecule has 3 heterocycles. The number of carbonyl (C=O) groups is 2. The van der Waals surface area contributed by atoms with Crippen molar-refractivity contribution >= 4 is 44.7 Å². The second-order valence-corrected chi connectivity index (χ2v) is 9.05. The molecule has 0 unspecified atom stereocenters. The number of aromatic nitrogens is 1. The van der Waals surface area contributed by atoms with Gasteiger partial charge in [0, 0.05) is 39.9 Å². The number of rotatable bonds is 6. The Kier molecular flexibility index (Phi) is 5.55. The fourth-order valence-electron chi connectivity index (χ4n) is 4.68. The Hall–Kier alpha value is -4.53. The fourth-order valence-corrected chi connectivity index (χ4v) is 4.68. The third kappa shape index (κ3) is 3.88. The molecule has 0 spiro atoms. The highest BCUT2D eigenvalue weighted by Gasteiger charge is 2.24. The Morgan fingerprint density at radius 3 is 2.58 bits per heavy atom. The minimum absolute atomic E-state index is 0.00716. The molecule has 1 atom stereocenters. The van der Waals surface area contributed by atoms with Gasteiger partial charge in [-0.3, -0.25) is 4.79 Å². The average molecular weight is 488 g/mol. The molecule has 9 heteroatoms. The van der Waals surface area contributed by atoms with Crippen LogP contribution in [0, 0.1) is 20.8 Å². The summed E-state index contributed by atoms with van der Waals surface area (Å²) in [6, 6.07) is 5.39. The smallest absolute Gasteiger partial charge is 0.340 e. The molecule has 2 aromatic carbocycles. The van der Waals surface area contributed by atoms with Gasteiger partial charge < -0.3 is 29.3 Å². The number of aromatic amines is 1. The highest BCUT2D eigenvalue weighted by atomic mass is 16.4. The number of carboxylic acid groups (broad SMARTS) is 1. The minimum atomic E-state index is -1.23. The number of benzene rings is 2. The van der Waals surface area contributed by atoms with Crippen LogP contribution in [0.15, 0.2) is 50.4 Å². The number of H-pyrrole nitrogens is 1. The summed E-state index contributed by atoms with van der Waals surface area (Å²) in [5.74, 6) is -1.78. The second kappa shape index (κ2) is 8.60. The monoisotopic (exact) mass is 488 g/mol. The highest BCUT2D eigenvalue weighted by Crippen LogP contribution is 2.32. The number of aromatic hydroxyl groups is 1. The summed E-state index contributed by atoms with van der Waals surface area (Å²) >= 11 is 0. The van der Waals surface area contributed by atoms with Crippen molar-refractivity contribution in [3.8, 4) is 5.75 Å². The molecule has 0 aliphatic heterocycles. The van der Waals surface area contributed by atoms with Gasteiger partial charge in [0.1, 0.15) is 23.0 Å². The van der Waals surface area contributed by atoms with Crippen LogP contribution in [0.2, 0.25) is 0 Å². The number of fused-ring (bicyclic) bond motifs is 3. The highest BCUT2D eigenvalue weighted by molar-refractivity contribution is 6.00. The Labute approximate surface area is 204 Å². The normalized spacial score (nSPS) is 12.4. The van der Waals surface area contributed by atoms with Gasteiger partial charge in [-0.1, -0.05) is 0 Å². The molecule has 184 valence electrons. The summed E-state index contributed by atoms with van der Waals surface area (Å²) in [6.45, 7) is 5.47. The number of phenolic OH excluding ortho intramolecular Hbond substituents is 1. The van der Waals surface area contributed by atoms with E-state index < -0.39 is 23.5 Å². The van der Waals surface area contributed by atoms with Crippen molar-refractivity contribution in [3.63, 3.8) is 0 Å². The summed E-state index contributed by atoms with van der Waals surface area (Å²) in [5, 5.41) is 24.3. The Balaban J connectivity index is 1.44. The zero-order valence-electron chi connectivity index (χ0n) is 19.9. The van der Waals surface area contributed by atoms with E-state index in [9.17, 15) is 24.6 Å². The average Bonchev–Trinajstić information content (AvgIpc) is 3.40. The molecule has 0 fully saturated rings. The molecule has 0 saturated carbocycles. The fraction of sp³-hybridized carbons (Fsp3) is 0.222. The summed E-state index contributed by atoms with van der Waals surface area (Å²) in [4.78, 5) is 40.7. The maximum Gasteiger partial charge on any atom is 0.340 e. The summed E-state index contributed by atoms with van der Waals surface area (Å²) in [6.07, 6.45) is 2.95. The predicted molar refractivity (Wildman–Crippen MR) is 133 cm³/mol. The van der Waals surface area contributed by atoms with Crippen LogP contribution >= 0.6 is 0 Å². The van der Waals surface area contributed by atoms with Gasteiger partial charge >= 0.3 is 11.6 Å².